The van der Waals surface area contributed by atoms with E-state index in [9.17, 15) is 0 Å². The van der Waals surface area contributed by atoms with Gasteiger partial charge in [0, 0.05) is 31.8 Å². The van der Waals surface area contributed by atoms with Crippen LogP contribution in [0.3, 0.4) is 0 Å². The topological polar surface area (TPSA) is 7.12 Å². The zero-order valence-electron chi connectivity index (χ0n) is 14.6. The quantitative estimate of drug-likeness (QED) is 0.551. The van der Waals surface area contributed by atoms with Crippen molar-refractivity contribution in [3.8, 4) is 0 Å². The minimum absolute atomic E-state index is 1.28. The van der Waals surface area contributed by atoms with E-state index < -0.39 is 0 Å². The number of hydrogen-bond acceptors (Lipinski definition) is 2. The molecule has 3 aromatic rings. The highest BCUT2D eigenvalue weighted by molar-refractivity contribution is 7.18. The molecule has 0 aliphatic carbocycles. The van der Waals surface area contributed by atoms with Gasteiger partial charge in [-0.2, -0.15) is 4.57 Å². The van der Waals surface area contributed by atoms with Gasteiger partial charge in [0.15, 0.2) is 0 Å². The number of rotatable bonds is 0. The fourth-order valence-corrected chi connectivity index (χ4v) is 4.94. The predicted molar refractivity (Wildman–Crippen MR) is 103 cm³/mol. The van der Waals surface area contributed by atoms with Crippen LogP contribution in [-0.4, -0.2) is 13.1 Å². The van der Waals surface area contributed by atoms with Gasteiger partial charge in [0.25, 0.3) is 0 Å². The van der Waals surface area contributed by atoms with Gasteiger partial charge in [-0.1, -0.05) is 41.7 Å². The Kier molecular flexibility index (Phi) is 4.28. The molecule has 2 aliphatic heterocycles. The molecule has 0 bridgehead atoms. The van der Waals surface area contributed by atoms with E-state index >= 15 is 0 Å². The van der Waals surface area contributed by atoms with Gasteiger partial charge in [-0.3, -0.25) is 0 Å². The highest BCUT2D eigenvalue weighted by Gasteiger charge is 2.22. The third kappa shape index (κ3) is 2.82. The molecule has 0 spiro atoms. The van der Waals surface area contributed by atoms with E-state index in [0.29, 0.717) is 0 Å². The lowest BCUT2D eigenvalue weighted by molar-refractivity contribution is -0.646. The predicted octanol–water partition coefficient (Wildman–Crippen LogP) is 4.42. The molecule has 0 saturated heterocycles. The van der Waals surface area contributed by atoms with Crippen molar-refractivity contribution >= 4 is 27.2 Å². The third-order valence-electron chi connectivity index (χ3n) is 5.22. The molecule has 2 aromatic carbocycles. The van der Waals surface area contributed by atoms with Crippen molar-refractivity contribution in [2.45, 2.75) is 32.6 Å². The Morgan fingerprint density at radius 1 is 0.917 bits per heavy atom. The number of thiazole rings is 1. The summed E-state index contributed by atoms with van der Waals surface area (Å²) in [5.41, 5.74) is 6.09. The Balaban J connectivity index is 0.000000123. The summed E-state index contributed by atoms with van der Waals surface area (Å²) in [5, 5.41) is 1.35. The van der Waals surface area contributed by atoms with E-state index in [1.54, 1.807) is 16.8 Å². The number of fused-ring (bicyclic) bond motifs is 1. The van der Waals surface area contributed by atoms with Crippen LogP contribution in [0.25, 0.3) is 10.2 Å². The second-order valence-corrected chi connectivity index (χ2v) is 8.00. The second kappa shape index (κ2) is 6.56. The molecule has 0 radical (unpaired) electrons. The SMILES string of the molecule is Cc1sc2ccccc2[n+]1C.c1cc2c3c(c1)CCCN3CCC2. The van der Waals surface area contributed by atoms with Crippen LogP contribution < -0.4 is 9.47 Å². The van der Waals surface area contributed by atoms with Crippen LogP contribution in [0.15, 0.2) is 42.5 Å². The van der Waals surface area contributed by atoms with Crippen LogP contribution >= 0.6 is 11.3 Å². The number of aromatic nitrogens is 1. The van der Waals surface area contributed by atoms with Crippen LogP contribution in [0, 0.1) is 6.92 Å². The first kappa shape index (κ1) is 15.6. The number of hydrogen-bond donors (Lipinski definition) is 0. The minimum Gasteiger partial charge on any atom is -0.371 e. The van der Waals surface area contributed by atoms with Gasteiger partial charge in [0.05, 0.1) is 0 Å². The molecule has 0 atom stereocenters. The lowest BCUT2D eigenvalue weighted by atomic mass is 9.92. The van der Waals surface area contributed by atoms with E-state index in [0.717, 1.165) is 0 Å². The number of para-hydroxylation sites is 2. The summed E-state index contributed by atoms with van der Waals surface area (Å²) in [6, 6.07) is 15.3. The smallest absolute Gasteiger partial charge is 0.234 e. The fraction of sp³-hybridized carbons (Fsp3) is 0.381. The van der Waals surface area contributed by atoms with Gasteiger partial charge in [0.2, 0.25) is 10.5 Å². The first-order chi connectivity index (χ1) is 11.7. The van der Waals surface area contributed by atoms with Gasteiger partial charge in [-0.05, 0) is 42.9 Å². The number of anilines is 1. The first-order valence-corrected chi connectivity index (χ1v) is 9.75. The molecule has 24 heavy (non-hydrogen) atoms. The Morgan fingerprint density at radius 3 is 2.25 bits per heavy atom. The Bertz CT molecular complexity index is 837. The normalized spacial score (nSPS) is 15.7. The van der Waals surface area contributed by atoms with Crippen molar-refractivity contribution in [3.05, 3.63) is 58.6 Å². The summed E-state index contributed by atoms with van der Waals surface area (Å²) in [7, 11) is 2.11. The maximum atomic E-state index is 2.58. The van der Waals surface area contributed by atoms with Crippen LogP contribution in [0.1, 0.15) is 29.0 Å². The van der Waals surface area contributed by atoms with Crippen molar-refractivity contribution < 1.29 is 4.57 Å². The standard InChI is InChI=1S/C12H15N.C9H10NS/c1-4-10-6-2-8-13-9-3-7-11(5-1)12(10)13;1-7-10(2)8-5-3-4-6-9(8)11-7/h1,4-5H,2-3,6-9H2;3-6H,1-2H3/q;+1. The molecule has 0 fully saturated rings. The van der Waals surface area contributed by atoms with Crippen molar-refractivity contribution in [1.29, 1.82) is 0 Å². The summed E-state index contributed by atoms with van der Waals surface area (Å²) in [5.74, 6) is 0. The lowest BCUT2D eigenvalue weighted by Gasteiger charge is -2.36. The summed E-state index contributed by atoms with van der Waals surface area (Å²) in [4.78, 5) is 2.58. The maximum absolute atomic E-state index is 2.58. The average molecular weight is 338 g/mol. The third-order valence-corrected chi connectivity index (χ3v) is 6.36. The van der Waals surface area contributed by atoms with Crippen LogP contribution in [0.5, 0.6) is 0 Å². The summed E-state index contributed by atoms with van der Waals surface area (Å²) < 4.78 is 3.59. The van der Waals surface area contributed by atoms with Crippen molar-refractivity contribution in [2.75, 3.05) is 18.0 Å². The molecule has 0 amide bonds. The molecule has 1 aromatic heterocycles. The van der Waals surface area contributed by atoms with Gasteiger partial charge in [-0.15, -0.1) is 0 Å². The molecule has 0 saturated carbocycles. The van der Waals surface area contributed by atoms with Gasteiger partial charge >= 0.3 is 0 Å². The van der Waals surface area contributed by atoms with Crippen LogP contribution in [0.2, 0.25) is 0 Å². The van der Waals surface area contributed by atoms with Crippen LogP contribution in [-0.2, 0) is 19.9 Å². The largest absolute Gasteiger partial charge is 0.371 e. The lowest BCUT2D eigenvalue weighted by Crippen LogP contribution is -2.34. The first-order valence-electron chi connectivity index (χ1n) is 8.94. The fourth-order valence-electron chi connectivity index (χ4n) is 3.93. The van der Waals surface area contributed by atoms with E-state index in [2.05, 4.69) is 65.9 Å². The zero-order valence-corrected chi connectivity index (χ0v) is 15.4. The molecule has 0 unspecified atom stereocenters. The summed E-state index contributed by atoms with van der Waals surface area (Å²) >= 11 is 1.84. The molecule has 2 nitrogen and oxygen atoms in total. The van der Waals surface area contributed by atoms with E-state index in [4.69, 9.17) is 0 Å². The molecule has 5 rings (SSSR count). The van der Waals surface area contributed by atoms with Crippen LogP contribution in [0.4, 0.5) is 5.69 Å². The monoisotopic (exact) mass is 337 g/mol. The van der Waals surface area contributed by atoms with Crippen molar-refractivity contribution in [1.82, 2.24) is 0 Å². The summed E-state index contributed by atoms with van der Waals surface area (Å²) in [6.07, 6.45) is 5.27. The van der Waals surface area contributed by atoms with Crippen molar-refractivity contribution in [2.24, 2.45) is 7.05 Å². The minimum atomic E-state index is 1.28. The molecule has 3 heteroatoms. The van der Waals surface area contributed by atoms with E-state index in [-0.39, 0.29) is 0 Å². The molecular weight excluding hydrogens is 312 g/mol. The zero-order chi connectivity index (χ0) is 16.5. The molecule has 0 N–H and O–H groups in total. The number of benzene rings is 2. The van der Waals surface area contributed by atoms with Gasteiger partial charge in [-0.25, -0.2) is 0 Å². The second-order valence-electron chi connectivity index (χ2n) is 6.77. The molecule has 3 heterocycles. The highest BCUT2D eigenvalue weighted by atomic mass is 32.1. The van der Waals surface area contributed by atoms with Gasteiger partial charge in [0.1, 0.15) is 11.7 Å². The molecule has 124 valence electrons. The summed E-state index contributed by atoms with van der Waals surface area (Å²) in [6.45, 7) is 4.71. The van der Waals surface area contributed by atoms with E-state index in [1.165, 1.54) is 54.0 Å². The van der Waals surface area contributed by atoms with E-state index in [1.807, 2.05) is 11.3 Å². The number of nitrogens with zero attached hydrogens (tertiary/aromatic N) is 2. The Labute approximate surface area is 148 Å². The maximum Gasteiger partial charge on any atom is 0.234 e. The Hall–Kier alpha value is -1.87. The Morgan fingerprint density at radius 2 is 1.58 bits per heavy atom. The number of aryl methyl sites for hydroxylation is 4. The highest BCUT2D eigenvalue weighted by Crippen LogP contribution is 2.34. The molecular formula is C21H25N2S+. The van der Waals surface area contributed by atoms with Crippen molar-refractivity contribution in [3.63, 3.8) is 0 Å². The average Bonchev–Trinajstić information content (AvgIpc) is 2.91. The van der Waals surface area contributed by atoms with Gasteiger partial charge < -0.3 is 4.90 Å². The molecule has 2 aliphatic rings.